The summed E-state index contributed by atoms with van der Waals surface area (Å²) in [6, 6.07) is 6.02. The summed E-state index contributed by atoms with van der Waals surface area (Å²) in [4.78, 5) is 27.7. The van der Waals surface area contributed by atoms with Gasteiger partial charge in [-0.3, -0.25) is 9.59 Å². The molecule has 6 heteroatoms. The lowest BCUT2D eigenvalue weighted by molar-refractivity contribution is 0.479. The predicted molar refractivity (Wildman–Crippen MR) is 74.7 cm³/mol. The van der Waals surface area contributed by atoms with Crippen molar-refractivity contribution in [1.82, 2.24) is 15.3 Å². The fraction of sp³-hybridized carbons (Fsp3) is 0.385. The first-order valence-electron chi connectivity index (χ1n) is 6.46. The van der Waals surface area contributed by atoms with E-state index in [2.05, 4.69) is 20.6 Å². The number of benzene rings is 1. The number of H-pyrrole nitrogens is 2. The smallest absolute Gasteiger partial charge is 0.314 e. The minimum absolute atomic E-state index is 0.452. The molecule has 1 aromatic heterocycles. The fourth-order valence-electron chi connectivity index (χ4n) is 2.41. The van der Waals surface area contributed by atoms with Crippen LogP contribution < -0.4 is 21.8 Å². The van der Waals surface area contributed by atoms with Crippen LogP contribution in [0.2, 0.25) is 0 Å². The largest absolute Gasteiger partial charge is 0.382 e. The van der Waals surface area contributed by atoms with Gasteiger partial charge in [-0.2, -0.15) is 0 Å². The summed E-state index contributed by atoms with van der Waals surface area (Å²) in [7, 11) is 0. The van der Waals surface area contributed by atoms with Crippen LogP contribution in [0, 0.1) is 0 Å². The Kier molecular flexibility index (Phi) is 3.08. The molecule has 1 aliphatic heterocycles. The SMILES string of the molecule is O=c1[nH]c2ccc(NC3CCNCC3)cc2[nH]c1=O. The van der Waals surface area contributed by atoms with Gasteiger partial charge in [-0.15, -0.1) is 0 Å². The second-order valence-corrected chi connectivity index (χ2v) is 4.84. The highest BCUT2D eigenvalue weighted by Crippen LogP contribution is 2.17. The third-order valence-electron chi connectivity index (χ3n) is 3.43. The molecule has 0 saturated carbocycles. The lowest BCUT2D eigenvalue weighted by Gasteiger charge is -2.24. The van der Waals surface area contributed by atoms with Crippen molar-refractivity contribution in [3.63, 3.8) is 0 Å². The Bertz CT molecular complexity index is 698. The third-order valence-corrected chi connectivity index (χ3v) is 3.43. The molecule has 1 aliphatic rings. The monoisotopic (exact) mass is 260 g/mol. The summed E-state index contributed by atoms with van der Waals surface area (Å²) >= 11 is 0. The Morgan fingerprint density at radius 2 is 1.68 bits per heavy atom. The predicted octanol–water partition coefficient (Wildman–Crippen LogP) is 0.380. The fourth-order valence-corrected chi connectivity index (χ4v) is 2.41. The molecule has 2 heterocycles. The molecular formula is C13H16N4O2. The number of hydrogen-bond donors (Lipinski definition) is 4. The van der Waals surface area contributed by atoms with Crippen molar-refractivity contribution >= 4 is 16.7 Å². The van der Waals surface area contributed by atoms with Gasteiger partial charge in [-0.05, 0) is 44.1 Å². The lowest BCUT2D eigenvalue weighted by atomic mass is 10.1. The first kappa shape index (κ1) is 12.0. The van der Waals surface area contributed by atoms with Crippen LogP contribution in [0.1, 0.15) is 12.8 Å². The van der Waals surface area contributed by atoms with Gasteiger partial charge in [0.25, 0.3) is 0 Å². The van der Waals surface area contributed by atoms with Gasteiger partial charge in [0, 0.05) is 11.7 Å². The number of anilines is 1. The van der Waals surface area contributed by atoms with E-state index in [9.17, 15) is 9.59 Å². The Morgan fingerprint density at radius 3 is 2.42 bits per heavy atom. The molecule has 1 saturated heterocycles. The molecule has 4 N–H and O–H groups in total. The molecule has 0 bridgehead atoms. The number of piperidine rings is 1. The Balaban J connectivity index is 1.90. The van der Waals surface area contributed by atoms with Gasteiger partial charge in [-0.1, -0.05) is 0 Å². The minimum atomic E-state index is -0.619. The minimum Gasteiger partial charge on any atom is -0.382 e. The summed E-state index contributed by atoms with van der Waals surface area (Å²) < 4.78 is 0. The highest BCUT2D eigenvalue weighted by Gasteiger charge is 2.12. The lowest BCUT2D eigenvalue weighted by Crippen LogP contribution is -2.35. The molecule has 1 fully saturated rings. The molecule has 0 amide bonds. The van der Waals surface area contributed by atoms with Crippen LogP contribution in [0.5, 0.6) is 0 Å². The van der Waals surface area contributed by atoms with E-state index >= 15 is 0 Å². The molecule has 3 rings (SSSR count). The van der Waals surface area contributed by atoms with Gasteiger partial charge in [-0.25, -0.2) is 0 Å². The summed E-state index contributed by atoms with van der Waals surface area (Å²) in [6.45, 7) is 2.05. The van der Waals surface area contributed by atoms with Gasteiger partial charge < -0.3 is 20.6 Å². The van der Waals surface area contributed by atoms with Crippen LogP contribution in [0.25, 0.3) is 11.0 Å². The van der Waals surface area contributed by atoms with Crippen molar-refractivity contribution in [3.8, 4) is 0 Å². The van der Waals surface area contributed by atoms with Crippen molar-refractivity contribution in [2.45, 2.75) is 18.9 Å². The highest BCUT2D eigenvalue weighted by molar-refractivity contribution is 5.78. The van der Waals surface area contributed by atoms with Crippen LogP contribution >= 0.6 is 0 Å². The average molecular weight is 260 g/mol. The molecule has 2 aromatic rings. The highest BCUT2D eigenvalue weighted by atomic mass is 16.2. The summed E-state index contributed by atoms with van der Waals surface area (Å²) in [5, 5.41) is 6.77. The van der Waals surface area contributed by atoms with Crippen molar-refractivity contribution in [1.29, 1.82) is 0 Å². The van der Waals surface area contributed by atoms with Crippen LogP contribution in [-0.2, 0) is 0 Å². The molecule has 0 spiro atoms. The summed E-state index contributed by atoms with van der Waals surface area (Å²) in [5.41, 5.74) is 1.00. The number of rotatable bonds is 2. The van der Waals surface area contributed by atoms with Crippen LogP contribution in [0.4, 0.5) is 5.69 Å². The molecule has 6 nitrogen and oxygen atoms in total. The van der Waals surface area contributed by atoms with Crippen molar-refractivity contribution in [2.24, 2.45) is 0 Å². The molecular weight excluding hydrogens is 244 g/mol. The zero-order chi connectivity index (χ0) is 13.2. The summed E-state index contributed by atoms with van der Waals surface area (Å²) in [6.07, 6.45) is 2.17. The first-order valence-corrected chi connectivity index (χ1v) is 6.46. The molecule has 0 aliphatic carbocycles. The van der Waals surface area contributed by atoms with Gasteiger partial charge in [0.15, 0.2) is 0 Å². The van der Waals surface area contributed by atoms with Gasteiger partial charge in [0.1, 0.15) is 0 Å². The maximum atomic E-state index is 11.3. The van der Waals surface area contributed by atoms with Crippen LogP contribution in [0.15, 0.2) is 27.8 Å². The first-order chi connectivity index (χ1) is 9.22. The molecule has 0 unspecified atom stereocenters. The standard InChI is InChI=1S/C13H16N4O2/c18-12-13(19)17-11-7-9(1-2-10(11)16-12)15-8-3-5-14-6-4-8/h1-2,7-8,14-15H,3-6H2,(H,16,18)(H,17,19). The number of hydrogen-bond acceptors (Lipinski definition) is 4. The van der Waals surface area contributed by atoms with Gasteiger partial charge in [0.05, 0.1) is 11.0 Å². The van der Waals surface area contributed by atoms with Crippen molar-refractivity contribution in [3.05, 3.63) is 38.9 Å². The van der Waals surface area contributed by atoms with Crippen LogP contribution in [-0.4, -0.2) is 29.1 Å². The molecule has 1 aromatic carbocycles. The average Bonchev–Trinajstić information content (AvgIpc) is 2.42. The molecule has 0 atom stereocenters. The van der Waals surface area contributed by atoms with Crippen molar-refractivity contribution in [2.75, 3.05) is 18.4 Å². The van der Waals surface area contributed by atoms with E-state index in [0.717, 1.165) is 31.6 Å². The third kappa shape index (κ3) is 2.53. The quantitative estimate of drug-likeness (QED) is 0.588. The summed E-state index contributed by atoms with van der Waals surface area (Å²) in [5.74, 6) is 0. The van der Waals surface area contributed by atoms with Gasteiger partial charge in [0.2, 0.25) is 0 Å². The van der Waals surface area contributed by atoms with E-state index in [1.807, 2.05) is 12.1 Å². The maximum absolute atomic E-state index is 11.3. The van der Waals surface area contributed by atoms with Crippen LogP contribution in [0.3, 0.4) is 0 Å². The Morgan fingerprint density at radius 1 is 1.00 bits per heavy atom. The Hall–Kier alpha value is -2.08. The topological polar surface area (TPSA) is 89.8 Å². The second-order valence-electron chi connectivity index (χ2n) is 4.84. The number of fused-ring (bicyclic) bond motifs is 1. The van der Waals surface area contributed by atoms with E-state index in [1.54, 1.807) is 6.07 Å². The maximum Gasteiger partial charge on any atom is 0.314 e. The van der Waals surface area contributed by atoms with E-state index in [0.29, 0.717) is 17.1 Å². The molecule has 0 radical (unpaired) electrons. The zero-order valence-electron chi connectivity index (χ0n) is 10.5. The van der Waals surface area contributed by atoms with Gasteiger partial charge >= 0.3 is 11.1 Å². The normalized spacial score (nSPS) is 16.6. The number of nitrogens with one attached hydrogen (secondary N) is 4. The van der Waals surface area contributed by atoms with E-state index in [1.165, 1.54) is 0 Å². The van der Waals surface area contributed by atoms with E-state index in [4.69, 9.17) is 0 Å². The number of aromatic nitrogens is 2. The Labute approximate surface area is 109 Å². The number of aromatic amines is 2. The zero-order valence-corrected chi connectivity index (χ0v) is 10.5. The molecule has 19 heavy (non-hydrogen) atoms. The van der Waals surface area contributed by atoms with E-state index < -0.39 is 11.1 Å². The second kappa shape index (κ2) is 4.89. The van der Waals surface area contributed by atoms with Crippen molar-refractivity contribution < 1.29 is 0 Å². The van der Waals surface area contributed by atoms with E-state index in [-0.39, 0.29) is 0 Å². The molecule has 100 valence electrons.